The number of hydrogen-bond donors (Lipinski definition) is 1. The normalized spacial score (nSPS) is 10.1. The molecule has 0 aliphatic carbocycles. The Morgan fingerprint density at radius 3 is 2.69 bits per heavy atom. The van der Waals surface area contributed by atoms with Crippen molar-refractivity contribution in [3.63, 3.8) is 0 Å². The zero-order valence-electron chi connectivity index (χ0n) is 8.00. The Balaban J connectivity index is 2.55. The number of anilines is 1. The summed E-state index contributed by atoms with van der Waals surface area (Å²) in [5.74, 6) is -0.390. The van der Waals surface area contributed by atoms with E-state index in [1.165, 1.54) is 23.5 Å². The van der Waals surface area contributed by atoms with Crippen LogP contribution in [0.5, 0.6) is 0 Å². The van der Waals surface area contributed by atoms with Gasteiger partial charge in [0, 0.05) is 10.4 Å². The standard InChI is InChI=1S/C11H6ClFN2S/c12-8-3-6(13)1-2-7(8)10-4-9(15)11(5-14)16-10/h1-4H,15H2. The molecule has 2 N–H and O–H groups in total. The zero-order chi connectivity index (χ0) is 11.7. The first kappa shape index (κ1) is 10.9. The van der Waals surface area contributed by atoms with Gasteiger partial charge in [0.2, 0.25) is 0 Å². The molecule has 16 heavy (non-hydrogen) atoms. The van der Waals surface area contributed by atoms with Gasteiger partial charge in [0.15, 0.2) is 0 Å². The van der Waals surface area contributed by atoms with Gasteiger partial charge in [-0.3, -0.25) is 0 Å². The summed E-state index contributed by atoms with van der Waals surface area (Å²) in [5.41, 5.74) is 6.74. The molecule has 0 aliphatic heterocycles. The molecule has 2 aromatic rings. The van der Waals surface area contributed by atoms with Crippen LogP contribution in [0, 0.1) is 17.1 Å². The highest BCUT2D eigenvalue weighted by atomic mass is 35.5. The minimum absolute atomic E-state index is 0.311. The molecule has 1 aromatic carbocycles. The van der Waals surface area contributed by atoms with E-state index in [2.05, 4.69) is 0 Å². The van der Waals surface area contributed by atoms with Crippen molar-refractivity contribution in [1.82, 2.24) is 0 Å². The van der Waals surface area contributed by atoms with Crippen LogP contribution in [0.4, 0.5) is 10.1 Å². The third-order valence-corrected chi connectivity index (χ3v) is 3.46. The smallest absolute Gasteiger partial charge is 0.128 e. The van der Waals surface area contributed by atoms with E-state index in [9.17, 15) is 4.39 Å². The van der Waals surface area contributed by atoms with E-state index in [-0.39, 0.29) is 0 Å². The van der Waals surface area contributed by atoms with Gasteiger partial charge in [0.1, 0.15) is 16.8 Å². The van der Waals surface area contributed by atoms with Gasteiger partial charge in [0.25, 0.3) is 0 Å². The summed E-state index contributed by atoms with van der Waals surface area (Å²) in [5, 5.41) is 9.09. The van der Waals surface area contributed by atoms with Crippen LogP contribution in [0.15, 0.2) is 24.3 Å². The molecular weight excluding hydrogens is 247 g/mol. The average molecular weight is 253 g/mol. The van der Waals surface area contributed by atoms with Crippen molar-refractivity contribution in [3.05, 3.63) is 40.0 Å². The molecule has 0 spiro atoms. The molecule has 0 amide bonds. The first-order chi connectivity index (χ1) is 7.61. The predicted molar refractivity (Wildman–Crippen MR) is 63.9 cm³/mol. The lowest BCUT2D eigenvalue weighted by Crippen LogP contribution is -1.82. The molecule has 80 valence electrons. The molecule has 0 saturated heterocycles. The van der Waals surface area contributed by atoms with Crippen LogP contribution in [0.1, 0.15) is 4.88 Å². The van der Waals surface area contributed by atoms with E-state index in [0.717, 1.165) is 4.88 Å². The molecule has 0 fully saturated rings. The Kier molecular flexibility index (Phi) is 2.82. The lowest BCUT2D eigenvalue weighted by Gasteiger charge is -2.00. The number of hydrogen-bond acceptors (Lipinski definition) is 3. The Morgan fingerprint density at radius 1 is 1.38 bits per heavy atom. The molecule has 0 atom stereocenters. The second kappa shape index (κ2) is 4.12. The van der Waals surface area contributed by atoms with Gasteiger partial charge in [-0.15, -0.1) is 11.3 Å². The van der Waals surface area contributed by atoms with Crippen LogP contribution in [0.2, 0.25) is 5.02 Å². The van der Waals surface area contributed by atoms with Crippen LogP contribution >= 0.6 is 22.9 Å². The van der Waals surface area contributed by atoms with Crippen molar-refractivity contribution in [1.29, 1.82) is 5.26 Å². The van der Waals surface area contributed by atoms with E-state index >= 15 is 0 Å². The molecule has 0 radical (unpaired) electrons. The van der Waals surface area contributed by atoms with Gasteiger partial charge in [0.05, 0.1) is 10.7 Å². The lowest BCUT2D eigenvalue weighted by molar-refractivity contribution is 0.628. The monoisotopic (exact) mass is 252 g/mol. The van der Waals surface area contributed by atoms with Crippen molar-refractivity contribution in [2.75, 3.05) is 5.73 Å². The summed E-state index contributed by atoms with van der Waals surface area (Å²) in [6.45, 7) is 0. The zero-order valence-corrected chi connectivity index (χ0v) is 9.57. The second-order valence-corrected chi connectivity index (χ2v) is 4.59. The molecule has 2 nitrogen and oxygen atoms in total. The second-order valence-electron chi connectivity index (χ2n) is 3.13. The highest BCUT2D eigenvalue weighted by Crippen LogP contribution is 2.36. The van der Waals surface area contributed by atoms with Crippen LogP contribution in [0.25, 0.3) is 10.4 Å². The highest BCUT2D eigenvalue weighted by molar-refractivity contribution is 7.16. The molecule has 0 unspecified atom stereocenters. The number of halogens is 2. The number of thiophene rings is 1. The Bertz CT molecular complexity index is 586. The number of nitrogen functional groups attached to an aromatic ring is 1. The summed E-state index contributed by atoms with van der Waals surface area (Å²) >= 11 is 7.15. The van der Waals surface area contributed by atoms with E-state index in [4.69, 9.17) is 22.6 Å². The summed E-state index contributed by atoms with van der Waals surface area (Å²) in [7, 11) is 0. The Hall–Kier alpha value is -1.57. The van der Waals surface area contributed by atoms with E-state index in [0.29, 0.717) is 21.2 Å². The Labute approximate surface area is 101 Å². The maximum Gasteiger partial charge on any atom is 0.128 e. The van der Waals surface area contributed by atoms with Crippen LogP contribution in [-0.4, -0.2) is 0 Å². The quantitative estimate of drug-likeness (QED) is 0.842. The maximum atomic E-state index is 12.9. The van der Waals surface area contributed by atoms with E-state index < -0.39 is 5.82 Å². The van der Waals surface area contributed by atoms with Crippen molar-refractivity contribution >= 4 is 28.6 Å². The third kappa shape index (κ3) is 1.87. The van der Waals surface area contributed by atoms with Gasteiger partial charge in [-0.05, 0) is 24.3 Å². The summed E-state index contributed by atoms with van der Waals surface area (Å²) in [4.78, 5) is 1.20. The topological polar surface area (TPSA) is 49.8 Å². The van der Waals surface area contributed by atoms with Crippen molar-refractivity contribution < 1.29 is 4.39 Å². The molecule has 5 heteroatoms. The van der Waals surface area contributed by atoms with Gasteiger partial charge >= 0.3 is 0 Å². The lowest BCUT2D eigenvalue weighted by atomic mass is 10.2. The fourth-order valence-corrected chi connectivity index (χ4v) is 2.56. The largest absolute Gasteiger partial charge is 0.397 e. The maximum absolute atomic E-state index is 12.9. The van der Waals surface area contributed by atoms with Crippen LogP contribution in [0.3, 0.4) is 0 Å². The summed E-state index contributed by atoms with van der Waals surface area (Å²) in [6.07, 6.45) is 0. The molecule has 1 heterocycles. The van der Waals surface area contributed by atoms with Crippen molar-refractivity contribution in [2.24, 2.45) is 0 Å². The molecular formula is C11H6ClFN2S. The summed E-state index contributed by atoms with van der Waals surface area (Å²) in [6, 6.07) is 7.79. The summed E-state index contributed by atoms with van der Waals surface area (Å²) < 4.78 is 12.9. The molecule has 0 aliphatic rings. The number of rotatable bonds is 1. The van der Waals surface area contributed by atoms with Crippen LogP contribution < -0.4 is 5.73 Å². The van der Waals surface area contributed by atoms with Gasteiger partial charge in [-0.25, -0.2) is 4.39 Å². The molecule has 0 saturated carbocycles. The highest BCUT2D eigenvalue weighted by Gasteiger charge is 2.10. The molecule has 1 aromatic heterocycles. The first-order valence-corrected chi connectivity index (χ1v) is 5.56. The minimum atomic E-state index is -0.390. The fourth-order valence-electron chi connectivity index (χ4n) is 1.31. The van der Waals surface area contributed by atoms with Crippen molar-refractivity contribution in [2.45, 2.75) is 0 Å². The number of nitrogens with two attached hydrogens (primary N) is 1. The van der Waals surface area contributed by atoms with Crippen LogP contribution in [-0.2, 0) is 0 Å². The van der Waals surface area contributed by atoms with E-state index in [1.807, 2.05) is 6.07 Å². The van der Waals surface area contributed by atoms with E-state index in [1.54, 1.807) is 12.1 Å². The van der Waals surface area contributed by atoms with Gasteiger partial charge < -0.3 is 5.73 Å². The molecule has 0 bridgehead atoms. The fraction of sp³-hybridized carbons (Fsp3) is 0. The number of nitrogens with zero attached hydrogens (tertiary/aromatic N) is 1. The Morgan fingerprint density at radius 2 is 2.12 bits per heavy atom. The first-order valence-electron chi connectivity index (χ1n) is 4.36. The number of nitriles is 1. The molecule has 2 rings (SSSR count). The number of benzene rings is 1. The minimum Gasteiger partial charge on any atom is -0.397 e. The van der Waals surface area contributed by atoms with Crippen molar-refractivity contribution in [3.8, 4) is 16.5 Å². The predicted octanol–water partition coefficient (Wildman–Crippen LogP) is 3.66. The third-order valence-electron chi connectivity index (χ3n) is 2.06. The van der Waals surface area contributed by atoms with Gasteiger partial charge in [-0.2, -0.15) is 5.26 Å². The van der Waals surface area contributed by atoms with Gasteiger partial charge in [-0.1, -0.05) is 11.6 Å². The average Bonchev–Trinajstić information content (AvgIpc) is 2.59. The SMILES string of the molecule is N#Cc1sc(-c2ccc(F)cc2Cl)cc1N.